The van der Waals surface area contributed by atoms with Gasteiger partial charge in [0.15, 0.2) is 5.96 Å². The van der Waals surface area contributed by atoms with Crippen LogP contribution in [0.4, 0.5) is 0 Å². The van der Waals surface area contributed by atoms with Crippen molar-refractivity contribution >= 4 is 5.96 Å². The monoisotopic (exact) mass is 353 g/mol. The number of hydrogen-bond acceptors (Lipinski definition) is 3. The van der Waals surface area contributed by atoms with Gasteiger partial charge in [-0.05, 0) is 18.2 Å². The lowest BCUT2D eigenvalue weighted by Gasteiger charge is -2.34. The molecule has 0 unspecified atom stereocenters. The number of aliphatic imine (C=N–C) groups is 1. The maximum Gasteiger partial charge on any atom is 0.193 e. The molecule has 0 aliphatic carbocycles. The summed E-state index contributed by atoms with van der Waals surface area (Å²) in [5.74, 6) is 2.77. The number of nitrogens with zero attached hydrogens (tertiary/aromatic N) is 2. The molecular weight excluding hydrogens is 326 g/mol. The molecule has 1 aliphatic rings. The second-order valence-corrected chi connectivity index (χ2v) is 6.33. The van der Waals surface area contributed by atoms with Crippen molar-refractivity contribution in [3.8, 4) is 11.5 Å². The van der Waals surface area contributed by atoms with Gasteiger partial charge in [-0.15, -0.1) is 0 Å². The van der Waals surface area contributed by atoms with Crippen molar-refractivity contribution in [3.05, 3.63) is 60.2 Å². The van der Waals surface area contributed by atoms with Gasteiger partial charge >= 0.3 is 0 Å². The number of para-hydroxylation sites is 2. The third-order valence-electron chi connectivity index (χ3n) is 4.63. The molecule has 0 saturated carbocycles. The Bertz CT molecular complexity index is 710. The zero-order valence-electron chi connectivity index (χ0n) is 15.5. The van der Waals surface area contributed by atoms with E-state index in [-0.39, 0.29) is 6.10 Å². The van der Waals surface area contributed by atoms with E-state index in [9.17, 15) is 0 Å². The first-order valence-electron chi connectivity index (χ1n) is 9.09. The van der Waals surface area contributed by atoms with E-state index in [0.717, 1.165) is 49.0 Å². The van der Waals surface area contributed by atoms with Crippen LogP contribution in [-0.2, 0) is 6.54 Å². The summed E-state index contributed by atoms with van der Waals surface area (Å²) in [6.07, 6.45) is 2.25. The van der Waals surface area contributed by atoms with Gasteiger partial charge in [0.2, 0.25) is 0 Å². The van der Waals surface area contributed by atoms with Gasteiger partial charge in [0.25, 0.3) is 0 Å². The Balaban J connectivity index is 1.51. The molecule has 0 amide bonds. The molecule has 2 aromatic carbocycles. The topological polar surface area (TPSA) is 46.1 Å². The molecular formula is C21H27N3O2. The number of rotatable bonds is 5. The summed E-state index contributed by atoms with van der Waals surface area (Å²) in [6, 6.07) is 18.1. The second-order valence-electron chi connectivity index (χ2n) is 6.33. The Morgan fingerprint density at radius 1 is 1.08 bits per heavy atom. The van der Waals surface area contributed by atoms with E-state index in [2.05, 4.69) is 21.3 Å². The van der Waals surface area contributed by atoms with Gasteiger partial charge in [0, 0.05) is 45.1 Å². The Kier molecular flexibility index (Phi) is 6.36. The third kappa shape index (κ3) is 4.69. The van der Waals surface area contributed by atoms with Gasteiger partial charge in [-0.2, -0.15) is 0 Å². The lowest BCUT2D eigenvalue weighted by molar-refractivity contribution is 0.129. The van der Waals surface area contributed by atoms with Crippen LogP contribution in [0.3, 0.4) is 0 Å². The average Bonchev–Trinajstić information content (AvgIpc) is 2.70. The molecule has 0 radical (unpaired) electrons. The summed E-state index contributed by atoms with van der Waals surface area (Å²) in [5, 5.41) is 3.45. The number of nitrogens with one attached hydrogen (secondary N) is 1. The van der Waals surface area contributed by atoms with E-state index >= 15 is 0 Å². The molecule has 5 heteroatoms. The zero-order chi connectivity index (χ0) is 18.2. The first-order valence-corrected chi connectivity index (χ1v) is 9.09. The van der Waals surface area contributed by atoms with Crippen molar-refractivity contribution in [3.63, 3.8) is 0 Å². The number of hydrogen-bond donors (Lipinski definition) is 1. The van der Waals surface area contributed by atoms with Crippen molar-refractivity contribution in [1.29, 1.82) is 0 Å². The fraction of sp³-hybridized carbons (Fsp3) is 0.381. The fourth-order valence-corrected chi connectivity index (χ4v) is 3.23. The maximum absolute atomic E-state index is 6.07. The van der Waals surface area contributed by atoms with Crippen molar-refractivity contribution in [2.75, 3.05) is 27.2 Å². The summed E-state index contributed by atoms with van der Waals surface area (Å²) < 4.78 is 11.5. The number of piperidine rings is 1. The minimum Gasteiger partial charge on any atom is -0.496 e. The molecule has 1 heterocycles. The van der Waals surface area contributed by atoms with Crippen LogP contribution in [0.2, 0.25) is 0 Å². The van der Waals surface area contributed by atoms with E-state index in [0.29, 0.717) is 6.54 Å². The van der Waals surface area contributed by atoms with Gasteiger partial charge in [-0.25, -0.2) is 0 Å². The van der Waals surface area contributed by atoms with Crippen LogP contribution in [0.25, 0.3) is 0 Å². The molecule has 0 bridgehead atoms. The lowest BCUT2D eigenvalue weighted by atomic mass is 10.1. The zero-order valence-corrected chi connectivity index (χ0v) is 15.5. The highest BCUT2D eigenvalue weighted by Gasteiger charge is 2.22. The molecule has 1 aliphatic heterocycles. The van der Waals surface area contributed by atoms with E-state index in [4.69, 9.17) is 9.47 Å². The highest BCUT2D eigenvalue weighted by Crippen LogP contribution is 2.19. The third-order valence-corrected chi connectivity index (χ3v) is 4.63. The average molecular weight is 353 g/mol. The number of guanidine groups is 1. The molecule has 0 aromatic heterocycles. The summed E-state index contributed by atoms with van der Waals surface area (Å²) in [4.78, 5) is 6.73. The largest absolute Gasteiger partial charge is 0.496 e. The minimum absolute atomic E-state index is 0.265. The Hall–Kier alpha value is -2.69. The molecule has 1 N–H and O–H groups in total. The normalized spacial score (nSPS) is 15.6. The van der Waals surface area contributed by atoms with E-state index < -0.39 is 0 Å². The molecule has 138 valence electrons. The summed E-state index contributed by atoms with van der Waals surface area (Å²) in [6.45, 7) is 2.56. The van der Waals surface area contributed by atoms with Gasteiger partial charge in [0.1, 0.15) is 17.6 Å². The summed E-state index contributed by atoms with van der Waals surface area (Å²) in [5.41, 5.74) is 1.12. The van der Waals surface area contributed by atoms with Gasteiger partial charge in [-0.1, -0.05) is 36.4 Å². The molecule has 3 rings (SSSR count). The molecule has 5 nitrogen and oxygen atoms in total. The van der Waals surface area contributed by atoms with Crippen LogP contribution in [0.1, 0.15) is 18.4 Å². The molecule has 1 fully saturated rings. The standard InChI is InChI=1S/C21H27N3O2/c1-22-21(23-16-17-8-6-7-11-20(17)25-2)24-14-12-19(13-15-24)26-18-9-4-3-5-10-18/h3-11,19H,12-16H2,1-2H3,(H,22,23). The van der Waals surface area contributed by atoms with Crippen molar-refractivity contribution in [2.24, 2.45) is 4.99 Å². The van der Waals surface area contributed by atoms with Crippen LogP contribution in [-0.4, -0.2) is 44.2 Å². The van der Waals surface area contributed by atoms with Crippen molar-refractivity contribution < 1.29 is 9.47 Å². The van der Waals surface area contributed by atoms with Crippen LogP contribution in [0, 0.1) is 0 Å². The molecule has 1 saturated heterocycles. The Morgan fingerprint density at radius 2 is 1.77 bits per heavy atom. The number of methoxy groups -OCH3 is 1. The molecule has 0 spiro atoms. The van der Waals surface area contributed by atoms with Gasteiger partial charge < -0.3 is 19.7 Å². The van der Waals surface area contributed by atoms with Crippen LogP contribution >= 0.6 is 0 Å². The van der Waals surface area contributed by atoms with E-state index in [1.165, 1.54) is 0 Å². The smallest absolute Gasteiger partial charge is 0.193 e. The highest BCUT2D eigenvalue weighted by molar-refractivity contribution is 5.80. The van der Waals surface area contributed by atoms with Gasteiger partial charge in [-0.3, -0.25) is 4.99 Å². The molecule has 2 aromatic rings. The Morgan fingerprint density at radius 3 is 2.46 bits per heavy atom. The quantitative estimate of drug-likeness (QED) is 0.662. The van der Waals surface area contributed by atoms with E-state index in [1.807, 2.05) is 55.6 Å². The van der Waals surface area contributed by atoms with Crippen molar-refractivity contribution in [1.82, 2.24) is 10.2 Å². The number of benzene rings is 2. The lowest BCUT2D eigenvalue weighted by Crippen LogP contribution is -2.47. The maximum atomic E-state index is 6.07. The predicted octanol–water partition coefficient (Wildman–Crippen LogP) is 3.31. The highest BCUT2D eigenvalue weighted by atomic mass is 16.5. The van der Waals surface area contributed by atoms with Crippen LogP contribution in [0.5, 0.6) is 11.5 Å². The van der Waals surface area contributed by atoms with E-state index in [1.54, 1.807) is 7.11 Å². The number of ether oxygens (including phenoxy) is 2. The van der Waals surface area contributed by atoms with Crippen LogP contribution < -0.4 is 14.8 Å². The molecule has 0 atom stereocenters. The summed E-state index contributed by atoms with van der Waals surface area (Å²) >= 11 is 0. The first-order chi connectivity index (χ1) is 12.8. The SMILES string of the molecule is CN=C(NCc1ccccc1OC)N1CCC(Oc2ccccc2)CC1. The van der Waals surface area contributed by atoms with Crippen molar-refractivity contribution in [2.45, 2.75) is 25.5 Å². The van der Waals surface area contributed by atoms with Crippen LogP contribution in [0.15, 0.2) is 59.6 Å². The predicted molar refractivity (Wildman–Crippen MR) is 105 cm³/mol. The summed E-state index contributed by atoms with van der Waals surface area (Å²) in [7, 11) is 3.53. The van der Waals surface area contributed by atoms with Gasteiger partial charge in [0.05, 0.1) is 7.11 Å². The fourth-order valence-electron chi connectivity index (χ4n) is 3.23. The minimum atomic E-state index is 0.265. The molecule has 26 heavy (non-hydrogen) atoms. The first kappa shape index (κ1) is 18.1. The Labute approximate surface area is 155 Å². The number of likely N-dealkylation sites (tertiary alicyclic amines) is 1. The second kappa shape index (κ2) is 9.13.